The minimum absolute atomic E-state index is 0.259. The number of hydrogen-bond donors (Lipinski definition) is 0. The van der Waals surface area contributed by atoms with Crippen LogP contribution in [0.1, 0.15) is 30.4 Å². The van der Waals surface area contributed by atoms with E-state index in [4.69, 9.17) is 4.74 Å². The molecule has 7 heteroatoms. The quantitative estimate of drug-likeness (QED) is 0.604. The summed E-state index contributed by atoms with van der Waals surface area (Å²) < 4.78 is 36.0. The van der Waals surface area contributed by atoms with Crippen LogP contribution >= 0.6 is 0 Å². The fourth-order valence-electron chi connectivity index (χ4n) is 4.81. The molecule has 1 saturated heterocycles. The molecule has 1 aromatic heterocycles. The molecule has 168 valence electrons. The average molecular weight is 452 g/mol. The summed E-state index contributed by atoms with van der Waals surface area (Å²) >= 11 is 0. The van der Waals surface area contributed by atoms with Crippen molar-refractivity contribution in [2.45, 2.75) is 43.4 Å². The number of benzene rings is 2. The van der Waals surface area contributed by atoms with E-state index < -0.39 is 10.0 Å². The molecule has 0 spiro atoms. The van der Waals surface area contributed by atoms with Gasteiger partial charge in [0.15, 0.2) is 0 Å². The zero-order valence-corrected chi connectivity index (χ0v) is 19.0. The van der Waals surface area contributed by atoms with E-state index >= 15 is 0 Å². The molecule has 1 atom stereocenters. The summed E-state index contributed by atoms with van der Waals surface area (Å²) in [6.45, 7) is 3.93. The van der Waals surface area contributed by atoms with E-state index in [9.17, 15) is 8.42 Å². The smallest absolute Gasteiger partial charge is 0.245 e. The van der Waals surface area contributed by atoms with Crippen LogP contribution in [0.3, 0.4) is 0 Å². The third kappa shape index (κ3) is 4.30. The van der Waals surface area contributed by atoms with Crippen LogP contribution in [0, 0.1) is 0 Å². The monoisotopic (exact) mass is 451 g/mol. The lowest BCUT2D eigenvalue weighted by Crippen LogP contribution is -2.50. The highest BCUT2D eigenvalue weighted by Gasteiger charge is 2.36. The molecule has 3 heterocycles. The van der Waals surface area contributed by atoms with Crippen LogP contribution < -0.4 is 0 Å². The van der Waals surface area contributed by atoms with E-state index in [1.54, 1.807) is 22.6 Å². The van der Waals surface area contributed by atoms with E-state index in [1.807, 2.05) is 42.5 Å². The molecule has 5 rings (SSSR count). The van der Waals surface area contributed by atoms with Gasteiger partial charge in [0.2, 0.25) is 10.0 Å². The Balaban J connectivity index is 1.58. The van der Waals surface area contributed by atoms with E-state index in [0.29, 0.717) is 31.8 Å². The minimum Gasteiger partial charge on any atom is -0.375 e. The van der Waals surface area contributed by atoms with Crippen LogP contribution in [0.4, 0.5) is 0 Å². The first kappa shape index (κ1) is 21.5. The molecular formula is C25H29N3O3S. The van der Waals surface area contributed by atoms with E-state index in [2.05, 4.69) is 9.88 Å². The Bertz CT molecular complexity index is 1190. The van der Waals surface area contributed by atoms with Crippen molar-refractivity contribution in [3.8, 4) is 0 Å². The number of likely N-dealkylation sites (tertiary alicyclic amines) is 1. The second-order valence-corrected chi connectivity index (χ2v) is 10.5. The molecule has 2 aliphatic heterocycles. The Morgan fingerprint density at radius 1 is 0.938 bits per heavy atom. The number of aromatic nitrogens is 1. The molecule has 0 radical (unpaired) electrons. The van der Waals surface area contributed by atoms with Crippen molar-refractivity contribution in [2.24, 2.45) is 0 Å². The fraction of sp³-hybridized carbons (Fsp3) is 0.400. The molecule has 2 aliphatic rings. The minimum atomic E-state index is -3.81. The molecule has 3 aromatic rings. The van der Waals surface area contributed by atoms with E-state index in [-0.39, 0.29) is 10.9 Å². The van der Waals surface area contributed by atoms with Gasteiger partial charge in [0, 0.05) is 24.7 Å². The van der Waals surface area contributed by atoms with Crippen molar-refractivity contribution in [2.75, 3.05) is 26.2 Å². The van der Waals surface area contributed by atoms with Gasteiger partial charge in [-0.2, -0.15) is 4.31 Å². The van der Waals surface area contributed by atoms with Crippen LogP contribution in [0.5, 0.6) is 0 Å². The van der Waals surface area contributed by atoms with Gasteiger partial charge in [-0.15, -0.1) is 0 Å². The molecule has 0 N–H and O–H groups in total. The number of sulfonamides is 1. The zero-order chi connectivity index (χ0) is 22.0. The van der Waals surface area contributed by atoms with Crippen LogP contribution in [-0.2, 0) is 27.9 Å². The molecular weight excluding hydrogens is 422 g/mol. The van der Waals surface area contributed by atoms with Crippen molar-refractivity contribution in [1.82, 2.24) is 14.2 Å². The Morgan fingerprint density at radius 3 is 2.56 bits per heavy atom. The molecule has 0 saturated carbocycles. The van der Waals surface area contributed by atoms with Crippen molar-refractivity contribution in [1.29, 1.82) is 0 Å². The lowest BCUT2D eigenvalue weighted by atomic mass is 10.1. The Kier molecular flexibility index (Phi) is 6.24. The first-order valence-electron chi connectivity index (χ1n) is 11.4. The van der Waals surface area contributed by atoms with Gasteiger partial charge < -0.3 is 9.64 Å². The number of hydrogen-bond acceptors (Lipinski definition) is 5. The van der Waals surface area contributed by atoms with Crippen molar-refractivity contribution < 1.29 is 13.2 Å². The highest BCUT2D eigenvalue weighted by atomic mass is 32.2. The number of rotatable bonds is 4. The lowest BCUT2D eigenvalue weighted by molar-refractivity contribution is 0.0484. The SMILES string of the molecule is O=S(=O)(c1cccc2cccnc12)N1Cc2ccccc2COCC1CN1CCCCC1. The predicted molar refractivity (Wildman–Crippen MR) is 125 cm³/mol. The van der Waals surface area contributed by atoms with Crippen molar-refractivity contribution in [3.05, 3.63) is 71.9 Å². The lowest BCUT2D eigenvalue weighted by Gasteiger charge is -2.37. The summed E-state index contributed by atoms with van der Waals surface area (Å²) in [6.07, 6.45) is 5.22. The maximum Gasteiger partial charge on any atom is 0.245 e. The molecule has 1 unspecified atom stereocenters. The summed E-state index contributed by atoms with van der Waals surface area (Å²) in [5.74, 6) is 0. The number of fused-ring (bicyclic) bond motifs is 2. The summed E-state index contributed by atoms with van der Waals surface area (Å²) in [5.41, 5.74) is 2.55. The van der Waals surface area contributed by atoms with E-state index in [1.165, 1.54) is 6.42 Å². The van der Waals surface area contributed by atoms with Gasteiger partial charge in [0.25, 0.3) is 0 Å². The molecule has 0 aliphatic carbocycles. The number of piperidine rings is 1. The second-order valence-electron chi connectivity index (χ2n) is 8.68. The third-order valence-corrected chi connectivity index (χ3v) is 8.45. The molecule has 0 bridgehead atoms. The molecule has 2 aromatic carbocycles. The first-order chi connectivity index (χ1) is 15.6. The largest absolute Gasteiger partial charge is 0.375 e. The average Bonchev–Trinajstić information content (AvgIpc) is 2.81. The number of nitrogens with zero attached hydrogens (tertiary/aromatic N) is 3. The van der Waals surface area contributed by atoms with Gasteiger partial charge in [-0.05, 0) is 49.2 Å². The predicted octanol–water partition coefficient (Wildman–Crippen LogP) is 3.81. The van der Waals surface area contributed by atoms with Gasteiger partial charge >= 0.3 is 0 Å². The van der Waals surface area contributed by atoms with Crippen LogP contribution in [0.2, 0.25) is 0 Å². The number of pyridine rings is 1. The van der Waals surface area contributed by atoms with Crippen molar-refractivity contribution >= 4 is 20.9 Å². The second kappa shape index (κ2) is 9.27. The van der Waals surface area contributed by atoms with Crippen LogP contribution in [-0.4, -0.2) is 54.9 Å². The molecule has 0 amide bonds. The molecule has 32 heavy (non-hydrogen) atoms. The Morgan fingerprint density at radius 2 is 1.72 bits per heavy atom. The number of ether oxygens (including phenoxy) is 1. The highest BCUT2D eigenvalue weighted by molar-refractivity contribution is 7.89. The van der Waals surface area contributed by atoms with Gasteiger partial charge in [0.1, 0.15) is 4.90 Å². The summed E-state index contributed by atoms with van der Waals surface area (Å²) in [6, 6.07) is 16.8. The zero-order valence-electron chi connectivity index (χ0n) is 18.2. The van der Waals surface area contributed by atoms with Crippen LogP contribution in [0.15, 0.2) is 65.7 Å². The van der Waals surface area contributed by atoms with Crippen molar-refractivity contribution in [3.63, 3.8) is 0 Å². The highest BCUT2D eigenvalue weighted by Crippen LogP contribution is 2.29. The van der Waals surface area contributed by atoms with Gasteiger partial charge in [-0.1, -0.05) is 48.9 Å². The maximum atomic E-state index is 14.1. The van der Waals surface area contributed by atoms with Crippen LogP contribution in [0.25, 0.3) is 10.9 Å². The summed E-state index contributed by atoms with van der Waals surface area (Å²) in [7, 11) is -3.81. The van der Waals surface area contributed by atoms with E-state index in [0.717, 1.165) is 42.4 Å². The third-order valence-electron chi connectivity index (χ3n) is 6.52. The van der Waals surface area contributed by atoms with Gasteiger partial charge in [-0.3, -0.25) is 4.98 Å². The number of para-hydroxylation sites is 1. The Hall–Kier alpha value is -2.32. The molecule has 1 fully saturated rings. The normalized spacial score (nSPS) is 21.1. The summed E-state index contributed by atoms with van der Waals surface area (Å²) in [4.78, 5) is 7.07. The Labute approximate surface area is 189 Å². The van der Waals surface area contributed by atoms with Gasteiger partial charge in [-0.25, -0.2) is 8.42 Å². The standard InChI is InChI=1S/C25H29N3O3S/c29-32(30,24-12-6-10-20-11-7-13-26-25(20)24)28-16-21-8-2-3-9-22(21)18-31-19-23(28)17-27-14-4-1-5-15-27/h2-3,6-13,23H,1,4-5,14-19H2. The first-order valence-corrected chi connectivity index (χ1v) is 12.8. The maximum absolute atomic E-state index is 14.1. The topological polar surface area (TPSA) is 62.7 Å². The fourth-order valence-corrected chi connectivity index (χ4v) is 6.56. The van der Waals surface area contributed by atoms with Gasteiger partial charge in [0.05, 0.1) is 24.8 Å². The summed E-state index contributed by atoms with van der Waals surface area (Å²) in [5, 5.41) is 0.824. The molecule has 6 nitrogen and oxygen atoms in total.